The normalized spacial score (nSPS) is 10.5. The molecule has 128 heavy (non-hydrogen) atoms. The number of rotatable bonds is 32. The van der Waals surface area contributed by atoms with E-state index in [1.165, 1.54) is 0 Å². The van der Waals surface area contributed by atoms with E-state index in [1.807, 2.05) is 115 Å². The molecule has 16 aromatic rings. The van der Waals surface area contributed by atoms with Gasteiger partial charge in [0.1, 0.15) is 23.3 Å². The fourth-order valence-electron chi connectivity index (χ4n) is 14.1. The van der Waals surface area contributed by atoms with Gasteiger partial charge in [0.05, 0.1) is 49.2 Å². The van der Waals surface area contributed by atoms with Crippen LogP contribution in [0.25, 0.3) is 90.1 Å². The van der Waals surface area contributed by atoms with Gasteiger partial charge >= 0.3 is 34.1 Å². The maximum Gasteiger partial charge on any atom is 2.00 e. The SMILES string of the molecule is CCCCc1nc(Cl)c(CO)n1Cc1ccc(-c2ccccc2-c2nnn[n-]2)cc1.CCCCc1nc(Cl)c(CO)n1Cc1ccc(-c2ccccc2-c2nnn[n-]2)cc1.CCCCc1nc(Cl)c(CO)n1Cc1ccc(-c2ccccc2-c2nnn[n-]2)cc1.CCCCc1nc(Cl)c(CO)n1Cc1ccc(-c2ccccc2-c2nnn[n-]2)cc1.O.O.O.O.O.O.[Cu+2].[Cu+2]. The predicted molar refractivity (Wildman–Crippen MR) is 481 cm³/mol. The molecule has 8 heterocycles. The van der Waals surface area contributed by atoms with Crippen LogP contribution in [0.5, 0.6) is 0 Å². The Morgan fingerprint density at radius 1 is 0.266 bits per heavy atom. The van der Waals surface area contributed by atoms with E-state index >= 15 is 0 Å². The molecule has 0 bridgehead atoms. The van der Waals surface area contributed by atoms with Gasteiger partial charge in [-0.3, -0.25) is 41.2 Å². The number of tetrazole rings is 4. The second-order valence-electron chi connectivity index (χ2n) is 28.2. The molecule has 0 amide bonds. The van der Waals surface area contributed by atoms with Crippen molar-refractivity contribution in [2.75, 3.05) is 0 Å². The number of aliphatic hydroxyl groups is 4. The second-order valence-corrected chi connectivity index (χ2v) is 29.7. The molecule has 34 nitrogen and oxygen atoms in total. The number of aliphatic hydroxyl groups excluding tert-OH is 4. The number of aryl methyl sites for hydroxylation is 4. The number of halogens is 4. The molecule has 2 radical (unpaired) electrons. The molecular formula is C88H100Cl4Cu2N24O10. The van der Waals surface area contributed by atoms with Gasteiger partial charge in [0, 0.05) is 75.2 Å². The van der Waals surface area contributed by atoms with Crippen LogP contribution in [0.3, 0.4) is 0 Å². The van der Waals surface area contributed by atoms with Crippen LogP contribution in [-0.4, -0.2) is 154 Å². The topological polar surface area (TPSA) is 552 Å². The summed E-state index contributed by atoms with van der Waals surface area (Å²) in [4.78, 5) is 17.9. The minimum Gasteiger partial charge on any atom is -0.412 e. The molecule has 16 rings (SSSR count). The van der Waals surface area contributed by atoms with Crippen LogP contribution in [0.15, 0.2) is 194 Å². The van der Waals surface area contributed by atoms with Gasteiger partial charge in [-0.2, -0.15) is 20.9 Å². The van der Waals surface area contributed by atoms with E-state index in [4.69, 9.17) is 46.4 Å². The molecule has 0 unspecified atom stereocenters. The first-order valence-corrected chi connectivity index (χ1v) is 41.2. The van der Waals surface area contributed by atoms with E-state index in [0.29, 0.717) is 92.9 Å². The van der Waals surface area contributed by atoms with Crippen LogP contribution >= 0.6 is 46.4 Å². The minimum absolute atomic E-state index is 0. The van der Waals surface area contributed by atoms with Crippen molar-refractivity contribution in [1.29, 1.82) is 0 Å². The average molecular weight is 1920 g/mol. The number of hydrogen-bond donors (Lipinski definition) is 4. The zero-order valence-electron chi connectivity index (χ0n) is 70.3. The molecule has 0 saturated carbocycles. The Balaban J connectivity index is 0.000000296. The number of unbranched alkanes of at least 4 members (excludes halogenated alkanes) is 4. The molecule has 0 atom stereocenters. The Bertz CT molecular complexity index is 5180. The molecule has 0 aliphatic carbocycles. The quantitative estimate of drug-likeness (QED) is 0.0285. The number of nitrogens with zero attached hydrogens (tertiary/aromatic N) is 24. The average Bonchev–Trinajstić information content (AvgIpc) is 1.57. The van der Waals surface area contributed by atoms with Gasteiger partial charge in [0.15, 0.2) is 20.6 Å². The van der Waals surface area contributed by atoms with Gasteiger partial charge in [-0.05, 0) is 115 Å². The van der Waals surface area contributed by atoms with Crippen LogP contribution in [0.1, 0.15) is 147 Å². The van der Waals surface area contributed by atoms with E-state index in [-0.39, 0.29) is 93.4 Å². The van der Waals surface area contributed by atoms with Crippen molar-refractivity contribution in [2.24, 2.45) is 0 Å². The third kappa shape index (κ3) is 26.5. The molecule has 16 N–H and O–H groups in total. The molecule has 0 spiro atoms. The second kappa shape index (κ2) is 53.5. The molecule has 682 valence electrons. The smallest absolute Gasteiger partial charge is 0.412 e. The van der Waals surface area contributed by atoms with E-state index in [9.17, 15) is 20.4 Å². The number of imidazole rings is 4. The summed E-state index contributed by atoms with van der Waals surface area (Å²) >= 11 is 25.0. The van der Waals surface area contributed by atoms with Gasteiger partial charge in [0.25, 0.3) is 0 Å². The summed E-state index contributed by atoms with van der Waals surface area (Å²) in [6.07, 6.45) is 11.8. The van der Waals surface area contributed by atoms with Crippen molar-refractivity contribution in [3.63, 3.8) is 0 Å². The first kappa shape index (κ1) is 107. The zero-order chi connectivity index (χ0) is 83.7. The van der Waals surface area contributed by atoms with Crippen molar-refractivity contribution in [2.45, 2.75) is 157 Å². The maximum absolute atomic E-state index is 9.76. The molecule has 0 aliphatic heterocycles. The largest absolute Gasteiger partial charge is 2.00 e. The summed E-state index contributed by atoms with van der Waals surface area (Å²) in [7, 11) is 0. The third-order valence-electron chi connectivity index (χ3n) is 20.4. The summed E-state index contributed by atoms with van der Waals surface area (Å²) in [5.41, 5.74) is 18.9. The Kier molecular flexibility index (Phi) is 44.8. The number of benzene rings is 8. The standard InChI is InChI=1S/4C22H22ClN6O.2Cu.6H2O/c4*1-2-3-8-20-24-21(23)19(14-30)29(20)13-15-9-11-16(12-10-15)17-6-4-5-7-18(17)22-25-27-28-26-22;;;;;;;;/h4*4-7,9-12,30H,2-3,8,13-14H2,1H3;;;6*1H2/q4*-1;2*+2;;;;;;. The van der Waals surface area contributed by atoms with Crippen molar-refractivity contribution in [3.05, 3.63) is 283 Å². The number of aromatic nitrogens is 24. The third-order valence-corrected chi connectivity index (χ3v) is 21.6. The Morgan fingerprint density at radius 3 is 0.602 bits per heavy atom. The van der Waals surface area contributed by atoms with Crippen LogP contribution < -0.4 is 20.4 Å². The van der Waals surface area contributed by atoms with Gasteiger partial charge < -0.3 is 91.9 Å². The van der Waals surface area contributed by atoms with Gasteiger partial charge in [0.2, 0.25) is 0 Å². The van der Waals surface area contributed by atoms with Gasteiger partial charge in [-0.15, -0.1) is 0 Å². The fraction of sp³-hybridized carbons (Fsp3) is 0.273. The summed E-state index contributed by atoms with van der Waals surface area (Å²) in [6, 6.07) is 64.9. The summed E-state index contributed by atoms with van der Waals surface area (Å²) in [5, 5.41) is 101. The molecule has 8 aromatic heterocycles. The van der Waals surface area contributed by atoms with Crippen molar-refractivity contribution >= 4 is 46.4 Å². The minimum atomic E-state index is -0.134. The molecule has 8 aromatic carbocycles. The summed E-state index contributed by atoms with van der Waals surface area (Å²) in [5.74, 6) is 5.68. The van der Waals surface area contributed by atoms with Gasteiger partial charge in [-0.25, -0.2) is 19.9 Å². The van der Waals surface area contributed by atoms with E-state index in [0.717, 1.165) is 189 Å². The van der Waals surface area contributed by atoms with Crippen LogP contribution in [0.2, 0.25) is 20.6 Å². The number of hydrogen-bond acceptors (Lipinski definition) is 20. The van der Waals surface area contributed by atoms with Crippen LogP contribution in [-0.2, 0) is 112 Å². The Morgan fingerprint density at radius 2 is 0.445 bits per heavy atom. The molecule has 0 aliphatic rings. The zero-order valence-corrected chi connectivity index (χ0v) is 75.2. The van der Waals surface area contributed by atoms with Crippen LogP contribution in [0, 0.1) is 0 Å². The van der Waals surface area contributed by atoms with Gasteiger partial charge in [-0.1, -0.05) is 294 Å². The van der Waals surface area contributed by atoms with Crippen molar-refractivity contribution < 1.29 is 87.4 Å². The molecular weight excluding hydrogens is 1820 g/mol. The Labute approximate surface area is 779 Å². The van der Waals surface area contributed by atoms with E-state index in [1.54, 1.807) is 0 Å². The summed E-state index contributed by atoms with van der Waals surface area (Å²) in [6.45, 7) is 10.5. The first-order chi connectivity index (χ1) is 58.8. The van der Waals surface area contributed by atoms with Crippen LogP contribution in [0.4, 0.5) is 0 Å². The maximum atomic E-state index is 9.76. The van der Waals surface area contributed by atoms with Crippen molar-refractivity contribution in [3.8, 4) is 90.1 Å². The van der Waals surface area contributed by atoms with E-state index in [2.05, 4.69) is 227 Å². The van der Waals surface area contributed by atoms with Crippen molar-refractivity contribution in [1.82, 2.24) is 121 Å². The van der Waals surface area contributed by atoms with E-state index < -0.39 is 0 Å². The fourth-order valence-corrected chi connectivity index (χ4v) is 15.1. The molecule has 0 saturated heterocycles. The molecule has 40 heteroatoms. The predicted octanol–water partition coefficient (Wildman–Crippen LogP) is 10.6. The Hall–Kier alpha value is -11.3. The summed E-state index contributed by atoms with van der Waals surface area (Å²) < 4.78 is 8.10. The monoisotopic (exact) mass is 1920 g/mol. The molecule has 0 fully saturated rings. The first-order valence-electron chi connectivity index (χ1n) is 39.7.